The quantitative estimate of drug-likeness (QED) is 0.466. The van der Waals surface area contributed by atoms with Crippen molar-refractivity contribution in [2.45, 2.75) is 25.9 Å². The van der Waals surface area contributed by atoms with E-state index in [0.717, 1.165) is 16.7 Å². The second kappa shape index (κ2) is 10.8. The van der Waals surface area contributed by atoms with Crippen molar-refractivity contribution in [3.8, 4) is 17.2 Å². The highest BCUT2D eigenvalue weighted by Gasteiger charge is 2.24. The van der Waals surface area contributed by atoms with Crippen LogP contribution in [-0.4, -0.2) is 25.9 Å². The van der Waals surface area contributed by atoms with E-state index in [0.29, 0.717) is 36.7 Å². The zero-order valence-corrected chi connectivity index (χ0v) is 18.2. The second-order valence-corrected chi connectivity index (χ2v) is 7.54. The molecular weight excluding hydrogens is 395 g/mol. The standard InChI is InChI=1S/C26H29FO4/c1-18-24(29-2)15-21(16-25(18)30-3)26(28)20(14-19-8-5-4-6-9-19)12-13-31-23-11-7-10-22(27)17-23/h4-11,15-17,20,26,28H,12-14H2,1-3H3/t20-,26-/m0/s1. The van der Waals surface area contributed by atoms with Gasteiger partial charge in [-0.25, -0.2) is 4.39 Å². The van der Waals surface area contributed by atoms with E-state index in [1.54, 1.807) is 26.4 Å². The molecule has 0 aromatic heterocycles. The fourth-order valence-corrected chi connectivity index (χ4v) is 3.72. The lowest BCUT2D eigenvalue weighted by Crippen LogP contribution is -2.19. The van der Waals surface area contributed by atoms with Crippen LogP contribution in [-0.2, 0) is 6.42 Å². The van der Waals surface area contributed by atoms with Crippen LogP contribution in [0.15, 0.2) is 66.7 Å². The normalized spacial score (nSPS) is 12.8. The Labute approximate surface area is 183 Å². The molecule has 0 fully saturated rings. The van der Waals surface area contributed by atoms with Crippen LogP contribution in [0.25, 0.3) is 0 Å². The van der Waals surface area contributed by atoms with Crippen molar-refractivity contribution >= 4 is 0 Å². The monoisotopic (exact) mass is 424 g/mol. The molecule has 0 unspecified atom stereocenters. The molecule has 3 aromatic rings. The van der Waals surface area contributed by atoms with Gasteiger partial charge in [0.2, 0.25) is 0 Å². The van der Waals surface area contributed by atoms with Gasteiger partial charge >= 0.3 is 0 Å². The molecule has 0 aliphatic carbocycles. The third-order valence-electron chi connectivity index (χ3n) is 5.46. The van der Waals surface area contributed by atoms with E-state index in [2.05, 4.69) is 0 Å². The summed E-state index contributed by atoms with van der Waals surface area (Å²) >= 11 is 0. The molecule has 4 nitrogen and oxygen atoms in total. The summed E-state index contributed by atoms with van der Waals surface area (Å²) < 4.78 is 30.1. The van der Waals surface area contributed by atoms with Gasteiger partial charge in [-0.3, -0.25) is 0 Å². The molecule has 0 saturated heterocycles. The summed E-state index contributed by atoms with van der Waals surface area (Å²) in [4.78, 5) is 0. The molecule has 31 heavy (non-hydrogen) atoms. The van der Waals surface area contributed by atoms with Gasteiger partial charge in [0.15, 0.2) is 0 Å². The number of benzene rings is 3. The molecule has 0 radical (unpaired) electrons. The second-order valence-electron chi connectivity index (χ2n) is 7.54. The van der Waals surface area contributed by atoms with Crippen LogP contribution in [0, 0.1) is 18.7 Å². The molecule has 0 heterocycles. The summed E-state index contributed by atoms with van der Waals surface area (Å²) in [6, 6.07) is 19.8. The van der Waals surface area contributed by atoms with Gasteiger partial charge in [0, 0.05) is 11.6 Å². The van der Waals surface area contributed by atoms with E-state index in [4.69, 9.17) is 14.2 Å². The summed E-state index contributed by atoms with van der Waals surface area (Å²) in [5, 5.41) is 11.3. The number of aliphatic hydroxyl groups is 1. The highest BCUT2D eigenvalue weighted by Crippen LogP contribution is 2.36. The van der Waals surface area contributed by atoms with Crippen molar-refractivity contribution in [3.05, 3.63) is 89.2 Å². The minimum atomic E-state index is -0.750. The van der Waals surface area contributed by atoms with E-state index in [-0.39, 0.29) is 11.7 Å². The molecule has 0 spiro atoms. The summed E-state index contributed by atoms with van der Waals surface area (Å²) in [7, 11) is 3.21. The molecule has 2 atom stereocenters. The number of rotatable bonds is 10. The predicted octanol–water partition coefficient (Wildman–Crippen LogP) is 5.51. The van der Waals surface area contributed by atoms with E-state index < -0.39 is 6.10 Å². The molecule has 3 rings (SSSR count). The highest BCUT2D eigenvalue weighted by molar-refractivity contribution is 5.48. The molecule has 0 aliphatic rings. The number of methoxy groups -OCH3 is 2. The average Bonchev–Trinajstić information content (AvgIpc) is 2.79. The van der Waals surface area contributed by atoms with Gasteiger partial charge in [0.25, 0.3) is 0 Å². The fraction of sp³-hybridized carbons (Fsp3) is 0.308. The summed E-state index contributed by atoms with van der Waals surface area (Å²) in [6.45, 7) is 2.28. The zero-order valence-electron chi connectivity index (χ0n) is 18.2. The lowest BCUT2D eigenvalue weighted by molar-refractivity contribution is 0.0916. The lowest BCUT2D eigenvalue weighted by atomic mass is 9.87. The maximum absolute atomic E-state index is 13.4. The van der Waals surface area contributed by atoms with Gasteiger partial charge in [-0.1, -0.05) is 36.4 Å². The largest absolute Gasteiger partial charge is 0.496 e. The van der Waals surface area contributed by atoms with E-state index in [1.807, 2.05) is 49.4 Å². The minimum absolute atomic E-state index is 0.118. The maximum atomic E-state index is 13.4. The molecular formula is C26H29FO4. The first-order valence-electron chi connectivity index (χ1n) is 10.3. The molecule has 0 bridgehead atoms. The lowest BCUT2D eigenvalue weighted by Gasteiger charge is -2.25. The van der Waals surface area contributed by atoms with Crippen LogP contribution in [0.3, 0.4) is 0 Å². The van der Waals surface area contributed by atoms with E-state index in [1.165, 1.54) is 12.1 Å². The van der Waals surface area contributed by atoms with Crippen molar-refractivity contribution < 1.29 is 23.7 Å². The molecule has 1 N–H and O–H groups in total. The molecule has 0 amide bonds. The first kappa shape index (κ1) is 22.6. The SMILES string of the molecule is COc1cc([C@@H](O)[C@@H](CCOc2cccc(F)c2)Cc2ccccc2)cc(OC)c1C. The van der Waals surface area contributed by atoms with Crippen LogP contribution in [0.5, 0.6) is 17.2 Å². The Morgan fingerprint density at radius 2 is 1.58 bits per heavy atom. The Bertz CT molecular complexity index is 949. The van der Waals surface area contributed by atoms with Gasteiger partial charge in [0.05, 0.1) is 26.9 Å². The molecule has 5 heteroatoms. The first-order chi connectivity index (χ1) is 15.0. The minimum Gasteiger partial charge on any atom is -0.496 e. The maximum Gasteiger partial charge on any atom is 0.126 e. The molecule has 0 saturated carbocycles. The third kappa shape index (κ3) is 5.98. The van der Waals surface area contributed by atoms with Crippen LogP contribution in [0.1, 0.15) is 29.2 Å². The van der Waals surface area contributed by atoms with Crippen LogP contribution < -0.4 is 14.2 Å². The number of ether oxygens (including phenoxy) is 3. The molecule has 3 aromatic carbocycles. The average molecular weight is 425 g/mol. The van der Waals surface area contributed by atoms with Crippen LogP contribution >= 0.6 is 0 Å². The Kier molecular flexibility index (Phi) is 7.90. The van der Waals surface area contributed by atoms with Crippen molar-refractivity contribution in [1.82, 2.24) is 0 Å². The van der Waals surface area contributed by atoms with Crippen molar-refractivity contribution in [2.24, 2.45) is 5.92 Å². The summed E-state index contributed by atoms with van der Waals surface area (Å²) in [5.41, 5.74) is 2.74. The highest BCUT2D eigenvalue weighted by atomic mass is 19.1. The number of halogens is 1. The zero-order chi connectivity index (χ0) is 22.2. The van der Waals surface area contributed by atoms with Crippen LogP contribution in [0.4, 0.5) is 4.39 Å². The predicted molar refractivity (Wildman–Crippen MR) is 119 cm³/mol. The van der Waals surface area contributed by atoms with Crippen molar-refractivity contribution in [1.29, 1.82) is 0 Å². The first-order valence-corrected chi connectivity index (χ1v) is 10.3. The van der Waals surface area contributed by atoms with Crippen LogP contribution in [0.2, 0.25) is 0 Å². The summed E-state index contributed by atoms with van der Waals surface area (Å²) in [6.07, 6.45) is 0.512. The van der Waals surface area contributed by atoms with Gasteiger partial charge in [0.1, 0.15) is 23.1 Å². The van der Waals surface area contributed by atoms with Gasteiger partial charge < -0.3 is 19.3 Å². The van der Waals surface area contributed by atoms with E-state index in [9.17, 15) is 9.50 Å². The smallest absolute Gasteiger partial charge is 0.126 e. The van der Waals surface area contributed by atoms with Crippen molar-refractivity contribution in [3.63, 3.8) is 0 Å². The summed E-state index contributed by atoms with van der Waals surface area (Å²) in [5.74, 6) is 1.36. The Morgan fingerprint density at radius 3 is 2.19 bits per heavy atom. The Morgan fingerprint density at radius 1 is 0.903 bits per heavy atom. The topological polar surface area (TPSA) is 47.9 Å². The number of aliphatic hydroxyl groups excluding tert-OH is 1. The Hall–Kier alpha value is -3.05. The van der Waals surface area contributed by atoms with Gasteiger partial charge in [-0.15, -0.1) is 0 Å². The van der Waals surface area contributed by atoms with Crippen molar-refractivity contribution in [2.75, 3.05) is 20.8 Å². The van der Waals surface area contributed by atoms with E-state index >= 15 is 0 Å². The number of hydrogen-bond acceptors (Lipinski definition) is 4. The Balaban J connectivity index is 1.81. The molecule has 0 aliphatic heterocycles. The van der Waals surface area contributed by atoms with Gasteiger partial charge in [-0.2, -0.15) is 0 Å². The fourth-order valence-electron chi connectivity index (χ4n) is 3.72. The molecule has 164 valence electrons. The number of hydrogen-bond donors (Lipinski definition) is 1. The third-order valence-corrected chi connectivity index (χ3v) is 5.46. The van der Waals surface area contributed by atoms with Gasteiger partial charge in [-0.05, 0) is 61.1 Å².